The zero-order chi connectivity index (χ0) is 15.6. The van der Waals surface area contributed by atoms with Crippen molar-refractivity contribution in [2.24, 2.45) is 0 Å². The zero-order valence-electron chi connectivity index (χ0n) is 11.1. The average Bonchev–Trinajstić information content (AvgIpc) is 2.85. The maximum absolute atomic E-state index is 11.4. The number of anilines is 2. The molecule has 0 aliphatic carbocycles. The normalized spacial score (nSPS) is 10.2. The van der Waals surface area contributed by atoms with Crippen LogP contribution in [0.3, 0.4) is 0 Å². The summed E-state index contributed by atoms with van der Waals surface area (Å²) < 4.78 is 5.09. The van der Waals surface area contributed by atoms with E-state index in [-0.39, 0.29) is 16.4 Å². The van der Waals surface area contributed by atoms with Gasteiger partial charge in [0.25, 0.3) is 0 Å². The van der Waals surface area contributed by atoms with Crippen molar-refractivity contribution in [3.8, 4) is 5.75 Å². The Morgan fingerprint density at radius 3 is 2.67 bits per heavy atom. The second-order valence-corrected chi connectivity index (χ2v) is 5.44. The number of Topliss-reactive ketones (excluding diaryl/α,β-unsaturated/α-hetero) is 1. The van der Waals surface area contributed by atoms with Crippen LogP contribution >= 0.6 is 22.9 Å². The fourth-order valence-electron chi connectivity index (χ4n) is 1.62. The Morgan fingerprint density at radius 2 is 2.14 bits per heavy atom. The molecule has 1 heterocycles. The molecular weight excluding hydrogens is 316 g/mol. The molecule has 0 fully saturated rings. The maximum Gasteiger partial charge on any atom is 0.356 e. The molecule has 21 heavy (non-hydrogen) atoms. The lowest BCUT2D eigenvalue weighted by Crippen LogP contribution is -2.03. The second-order valence-electron chi connectivity index (χ2n) is 4.03. The van der Waals surface area contributed by atoms with Gasteiger partial charge >= 0.3 is 5.97 Å². The summed E-state index contributed by atoms with van der Waals surface area (Å²) in [5.41, 5.74) is 0.368. The number of ketones is 1. The van der Waals surface area contributed by atoms with Crippen LogP contribution in [0.4, 0.5) is 10.8 Å². The topological polar surface area (TPSA) is 88.5 Å². The Bertz CT molecular complexity index is 683. The molecule has 0 saturated heterocycles. The molecule has 2 aromatic rings. The van der Waals surface area contributed by atoms with Crippen LogP contribution < -0.4 is 10.1 Å². The van der Waals surface area contributed by atoms with E-state index in [1.54, 1.807) is 18.2 Å². The lowest BCUT2D eigenvalue weighted by molar-refractivity contribution is 0.0687. The standard InChI is InChI=1S/C13H11ClN2O4S/c1-6(17)11-10(12(18)19)16-13(21-11)15-7-3-4-8(14)9(5-7)20-2/h3-5H,1-2H3,(H,15,16)(H,18,19). The Kier molecular flexibility index (Phi) is 4.44. The van der Waals surface area contributed by atoms with Crippen molar-refractivity contribution in [1.29, 1.82) is 0 Å². The number of aromatic carboxylic acids is 1. The van der Waals surface area contributed by atoms with Crippen molar-refractivity contribution in [1.82, 2.24) is 4.98 Å². The molecule has 6 nitrogen and oxygen atoms in total. The summed E-state index contributed by atoms with van der Waals surface area (Å²) >= 11 is 6.91. The quantitative estimate of drug-likeness (QED) is 0.818. The number of benzene rings is 1. The van der Waals surface area contributed by atoms with Crippen LogP contribution in [-0.2, 0) is 0 Å². The summed E-state index contributed by atoms with van der Waals surface area (Å²) in [7, 11) is 1.49. The first-order valence-corrected chi connectivity index (χ1v) is 6.97. The van der Waals surface area contributed by atoms with E-state index in [4.69, 9.17) is 21.4 Å². The number of carbonyl (C=O) groups is 2. The number of nitrogens with zero attached hydrogens (tertiary/aromatic N) is 1. The molecule has 2 N–H and O–H groups in total. The molecule has 0 aliphatic rings. The van der Waals surface area contributed by atoms with E-state index in [2.05, 4.69) is 10.3 Å². The molecule has 0 spiro atoms. The summed E-state index contributed by atoms with van der Waals surface area (Å²) in [5, 5.41) is 12.7. The SMILES string of the molecule is COc1cc(Nc2nc(C(=O)O)c(C(C)=O)s2)ccc1Cl. The molecule has 0 unspecified atom stereocenters. The molecule has 2 rings (SSSR count). The number of aromatic nitrogens is 1. The lowest BCUT2D eigenvalue weighted by Gasteiger charge is -2.06. The minimum Gasteiger partial charge on any atom is -0.495 e. The smallest absolute Gasteiger partial charge is 0.356 e. The van der Waals surface area contributed by atoms with E-state index < -0.39 is 5.97 Å². The third-order valence-corrected chi connectivity index (χ3v) is 3.94. The first-order chi connectivity index (χ1) is 9.92. The highest BCUT2D eigenvalue weighted by Gasteiger charge is 2.20. The number of nitrogens with one attached hydrogen (secondary N) is 1. The van der Waals surface area contributed by atoms with Crippen molar-refractivity contribution in [2.45, 2.75) is 6.92 Å². The number of halogens is 1. The van der Waals surface area contributed by atoms with Gasteiger partial charge < -0.3 is 15.2 Å². The Hall–Kier alpha value is -2.12. The fourth-order valence-corrected chi connectivity index (χ4v) is 2.69. The average molecular weight is 327 g/mol. The number of carboxylic acids is 1. The molecule has 0 amide bonds. The van der Waals surface area contributed by atoms with Gasteiger partial charge in [0.1, 0.15) is 10.6 Å². The number of ether oxygens (including phenoxy) is 1. The van der Waals surface area contributed by atoms with Gasteiger partial charge in [0.05, 0.1) is 12.1 Å². The number of carbonyl (C=O) groups excluding carboxylic acids is 1. The van der Waals surface area contributed by atoms with Gasteiger partial charge in [-0.15, -0.1) is 0 Å². The third kappa shape index (κ3) is 3.32. The summed E-state index contributed by atoms with van der Waals surface area (Å²) in [4.78, 5) is 26.5. The number of hydrogen-bond donors (Lipinski definition) is 2. The van der Waals surface area contributed by atoms with E-state index in [0.717, 1.165) is 11.3 Å². The van der Waals surface area contributed by atoms with Gasteiger partial charge in [-0.25, -0.2) is 9.78 Å². The minimum absolute atomic E-state index is 0.103. The van der Waals surface area contributed by atoms with Crippen molar-refractivity contribution < 1.29 is 19.4 Å². The first kappa shape index (κ1) is 15.3. The monoisotopic (exact) mass is 326 g/mol. The van der Waals surface area contributed by atoms with Crippen molar-refractivity contribution in [2.75, 3.05) is 12.4 Å². The molecule has 0 saturated carbocycles. The van der Waals surface area contributed by atoms with Gasteiger partial charge in [-0.05, 0) is 12.1 Å². The molecule has 8 heteroatoms. The predicted octanol–water partition coefficient (Wildman–Crippen LogP) is 3.45. The largest absolute Gasteiger partial charge is 0.495 e. The third-order valence-electron chi connectivity index (χ3n) is 2.55. The van der Waals surface area contributed by atoms with Crippen LogP contribution in [0, 0.1) is 0 Å². The zero-order valence-corrected chi connectivity index (χ0v) is 12.7. The summed E-state index contributed by atoms with van der Waals surface area (Å²) in [6, 6.07) is 4.98. The Labute approximate surface area is 129 Å². The molecular formula is C13H11ClN2O4S. The number of methoxy groups -OCH3 is 1. The van der Waals surface area contributed by atoms with Gasteiger partial charge in [-0.1, -0.05) is 22.9 Å². The molecule has 0 atom stereocenters. The highest BCUT2D eigenvalue weighted by atomic mass is 35.5. The van der Waals surface area contributed by atoms with Gasteiger partial charge in [0.15, 0.2) is 16.6 Å². The Balaban J connectivity index is 2.34. The van der Waals surface area contributed by atoms with Gasteiger partial charge in [0.2, 0.25) is 0 Å². The highest BCUT2D eigenvalue weighted by molar-refractivity contribution is 7.17. The minimum atomic E-state index is -1.24. The number of rotatable bonds is 5. The van der Waals surface area contributed by atoms with E-state index in [1.165, 1.54) is 14.0 Å². The van der Waals surface area contributed by atoms with Crippen molar-refractivity contribution in [3.05, 3.63) is 33.8 Å². The number of hydrogen-bond acceptors (Lipinski definition) is 6. The van der Waals surface area contributed by atoms with Crippen LogP contribution in [0.1, 0.15) is 27.1 Å². The second kappa shape index (κ2) is 6.11. The summed E-state index contributed by atoms with van der Waals surface area (Å²) in [6.07, 6.45) is 0. The molecule has 110 valence electrons. The number of carboxylic acid groups (broad SMARTS) is 1. The lowest BCUT2D eigenvalue weighted by atomic mass is 10.3. The van der Waals surface area contributed by atoms with E-state index in [1.807, 2.05) is 0 Å². The molecule has 1 aromatic heterocycles. The van der Waals surface area contributed by atoms with Gasteiger partial charge in [-0.2, -0.15) is 0 Å². The van der Waals surface area contributed by atoms with Crippen LogP contribution in [0.15, 0.2) is 18.2 Å². The van der Waals surface area contributed by atoms with E-state index in [0.29, 0.717) is 21.6 Å². The van der Waals surface area contributed by atoms with Crippen LogP contribution in [0.25, 0.3) is 0 Å². The van der Waals surface area contributed by atoms with Crippen LogP contribution in [0.2, 0.25) is 5.02 Å². The van der Waals surface area contributed by atoms with E-state index >= 15 is 0 Å². The predicted molar refractivity (Wildman–Crippen MR) is 80.4 cm³/mol. The van der Waals surface area contributed by atoms with Crippen LogP contribution in [-0.4, -0.2) is 29.0 Å². The molecule has 1 aromatic carbocycles. The van der Waals surface area contributed by atoms with E-state index in [9.17, 15) is 9.59 Å². The Morgan fingerprint density at radius 1 is 1.43 bits per heavy atom. The van der Waals surface area contributed by atoms with Gasteiger partial charge in [-0.3, -0.25) is 4.79 Å². The summed E-state index contributed by atoms with van der Waals surface area (Å²) in [5.74, 6) is -1.10. The fraction of sp³-hybridized carbons (Fsp3) is 0.154. The molecule has 0 radical (unpaired) electrons. The van der Waals surface area contributed by atoms with Crippen molar-refractivity contribution >= 4 is 45.5 Å². The highest BCUT2D eigenvalue weighted by Crippen LogP contribution is 2.31. The van der Waals surface area contributed by atoms with Gasteiger partial charge in [0, 0.05) is 18.7 Å². The number of thiazole rings is 1. The van der Waals surface area contributed by atoms with Crippen LogP contribution in [0.5, 0.6) is 5.75 Å². The molecule has 0 bridgehead atoms. The summed E-state index contributed by atoms with van der Waals surface area (Å²) in [6.45, 7) is 1.30. The molecule has 0 aliphatic heterocycles. The van der Waals surface area contributed by atoms with Crippen molar-refractivity contribution in [3.63, 3.8) is 0 Å². The maximum atomic E-state index is 11.4. The first-order valence-electron chi connectivity index (χ1n) is 5.78.